The third-order valence-corrected chi connectivity index (χ3v) is 4.21. The van der Waals surface area contributed by atoms with E-state index in [0.29, 0.717) is 19.5 Å². The number of carbonyl (C=O) groups excluding carboxylic acids is 2. The molecule has 0 saturated carbocycles. The summed E-state index contributed by atoms with van der Waals surface area (Å²) >= 11 is 0. The second-order valence-electron chi connectivity index (χ2n) is 6.07. The van der Waals surface area contributed by atoms with E-state index in [2.05, 4.69) is 0 Å². The van der Waals surface area contributed by atoms with Gasteiger partial charge in [0.15, 0.2) is 0 Å². The maximum atomic E-state index is 12.2. The van der Waals surface area contributed by atoms with Crippen molar-refractivity contribution >= 4 is 12.1 Å². The Balaban J connectivity index is 1.43. The molecule has 3 rings (SSSR count). The Morgan fingerprint density at radius 1 is 0.880 bits per heavy atom. The molecule has 0 aromatic heterocycles. The molecule has 2 aromatic carbocycles. The maximum absolute atomic E-state index is 12.2. The Bertz CT molecular complexity index is 641. The Labute approximate surface area is 147 Å². The Morgan fingerprint density at radius 2 is 1.44 bits per heavy atom. The fourth-order valence-electron chi connectivity index (χ4n) is 2.78. The lowest BCUT2D eigenvalue weighted by Gasteiger charge is -2.16. The lowest BCUT2D eigenvalue weighted by molar-refractivity contribution is -0.149. The number of likely N-dealkylation sites (tertiary alicyclic amines) is 1. The molecule has 1 amide bonds. The van der Waals surface area contributed by atoms with Crippen LogP contribution in [0.3, 0.4) is 0 Å². The molecule has 0 N–H and O–H groups in total. The highest BCUT2D eigenvalue weighted by Gasteiger charge is 2.32. The van der Waals surface area contributed by atoms with Crippen LogP contribution >= 0.6 is 0 Å². The summed E-state index contributed by atoms with van der Waals surface area (Å²) in [7, 11) is 0. The number of ether oxygens (including phenoxy) is 2. The van der Waals surface area contributed by atoms with E-state index < -0.39 is 0 Å². The minimum absolute atomic E-state index is 0.235. The molecule has 0 spiro atoms. The third kappa shape index (κ3) is 4.83. The van der Waals surface area contributed by atoms with E-state index in [1.54, 1.807) is 4.90 Å². The Morgan fingerprint density at radius 3 is 2.04 bits per heavy atom. The summed E-state index contributed by atoms with van der Waals surface area (Å²) in [5.41, 5.74) is 1.89. The van der Waals surface area contributed by atoms with Gasteiger partial charge in [0, 0.05) is 13.1 Å². The van der Waals surface area contributed by atoms with Crippen molar-refractivity contribution < 1.29 is 19.1 Å². The third-order valence-electron chi connectivity index (χ3n) is 4.21. The highest BCUT2D eigenvalue weighted by molar-refractivity contribution is 5.75. The van der Waals surface area contributed by atoms with Crippen molar-refractivity contribution in [2.24, 2.45) is 5.92 Å². The van der Waals surface area contributed by atoms with Gasteiger partial charge in [-0.15, -0.1) is 0 Å². The highest BCUT2D eigenvalue weighted by atomic mass is 16.6. The smallest absolute Gasteiger partial charge is 0.410 e. The number of nitrogens with zero attached hydrogens (tertiary/aromatic N) is 1. The van der Waals surface area contributed by atoms with Crippen LogP contribution in [0.15, 0.2) is 60.7 Å². The van der Waals surface area contributed by atoms with Crippen molar-refractivity contribution in [2.75, 3.05) is 13.1 Å². The molecule has 25 heavy (non-hydrogen) atoms. The van der Waals surface area contributed by atoms with Crippen LogP contribution in [0.25, 0.3) is 0 Å². The van der Waals surface area contributed by atoms with Crippen molar-refractivity contribution in [3.05, 3.63) is 71.8 Å². The van der Waals surface area contributed by atoms with Crippen LogP contribution in [0.4, 0.5) is 4.79 Å². The second-order valence-corrected chi connectivity index (χ2v) is 6.07. The zero-order valence-corrected chi connectivity index (χ0v) is 14.0. The van der Waals surface area contributed by atoms with E-state index in [1.807, 2.05) is 60.7 Å². The molecule has 0 bridgehead atoms. The van der Waals surface area contributed by atoms with E-state index >= 15 is 0 Å². The molecule has 1 atom stereocenters. The zero-order chi connectivity index (χ0) is 17.5. The van der Waals surface area contributed by atoms with E-state index in [1.165, 1.54) is 0 Å². The van der Waals surface area contributed by atoms with Gasteiger partial charge in [0.2, 0.25) is 0 Å². The van der Waals surface area contributed by atoms with Gasteiger partial charge in [0.05, 0.1) is 5.92 Å². The number of carbonyl (C=O) groups is 2. The van der Waals surface area contributed by atoms with Crippen LogP contribution in [0.5, 0.6) is 0 Å². The van der Waals surface area contributed by atoms with Gasteiger partial charge in [-0.05, 0) is 17.5 Å². The molecule has 1 fully saturated rings. The molecule has 1 heterocycles. The summed E-state index contributed by atoms with van der Waals surface area (Å²) in [6, 6.07) is 19.1. The monoisotopic (exact) mass is 339 g/mol. The average molecular weight is 339 g/mol. The zero-order valence-electron chi connectivity index (χ0n) is 14.0. The summed E-state index contributed by atoms with van der Waals surface area (Å²) in [6.45, 7) is 1.36. The molecule has 1 saturated heterocycles. The first-order chi connectivity index (χ1) is 12.2. The fourth-order valence-corrected chi connectivity index (χ4v) is 2.78. The molecule has 1 unspecified atom stereocenters. The highest BCUT2D eigenvalue weighted by Crippen LogP contribution is 2.19. The van der Waals surface area contributed by atoms with E-state index in [4.69, 9.17) is 9.47 Å². The summed E-state index contributed by atoms with van der Waals surface area (Å²) in [6.07, 6.45) is 0.218. The van der Waals surface area contributed by atoms with E-state index in [-0.39, 0.29) is 31.2 Å². The summed E-state index contributed by atoms with van der Waals surface area (Å²) in [5, 5.41) is 0. The van der Waals surface area contributed by atoms with Crippen LogP contribution in [0, 0.1) is 5.92 Å². The van der Waals surface area contributed by atoms with Crippen molar-refractivity contribution in [3.63, 3.8) is 0 Å². The Hall–Kier alpha value is -2.82. The number of rotatable bonds is 5. The number of benzene rings is 2. The van der Waals surface area contributed by atoms with Gasteiger partial charge in [-0.1, -0.05) is 60.7 Å². The number of esters is 1. The predicted molar refractivity (Wildman–Crippen MR) is 92.5 cm³/mol. The SMILES string of the molecule is O=C(OCc1ccccc1)C1CCN(C(=O)OCc2ccccc2)C1. The van der Waals surface area contributed by atoms with E-state index in [0.717, 1.165) is 11.1 Å². The second kappa shape index (κ2) is 8.33. The number of amides is 1. The van der Waals surface area contributed by atoms with Crippen LogP contribution in [-0.2, 0) is 27.5 Å². The van der Waals surface area contributed by atoms with Crippen LogP contribution in [0.2, 0.25) is 0 Å². The topological polar surface area (TPSA) is 55.8 Å². The van der Waals surface area contributed by atoms with Gasteiger partial charge in [-0.25, -0.2) is 4.79 Å². The molecule has 5 nitrogen and oxygen atoms in total. The lowest BCUT2D eigenvalue weighted by atomic mass is 10.1. The first-order valence-corrected chi connectivity index (χ1v) is 8.38. The van der Waals surface area contributed by atoms with Crippen molar-refractivity contribution in [1.82, 2.24) is 4.90 Å². The van der Waals surface area contributed by atoms with Gasteiger partial charge in [-0.2, -0.15) is 0 Å². The summed E-state index contributed by atoms with van der Waals surface area (Å²) < 4.78 is 10.7. The van der Waals surface area contributed by atoms with Crippen molar-refractivity contribution in [1.29, 1.82) is 0 Å². The largest absolute Gasteiger partial charge is 0.461 e. The molecule has 0 aliphatic carbocycles. The van der Waals surface area contributed by atoms with Gasteiger partial charge < -0.3 is 14.4 Å². The lowest BCUT2D eigenvalue weighted by Crippen LogP contribution is -2.30. The average Bonchev–Trinajstić information content (AvgIpc) is 3.16. The Kier molecular flexibility index (Phi) is 5.67. The molecular weight excluding hydrogens is 318 g/mol. The standard InChI is InChI=1S/C20H21NO4/c22-19(24-14-16-7-3-1-4-8-16)18-11-12-21(13-18)20(23)25-15-17-9-5-2-6-10-17/h1-10,18H,11-15H2. The van der Waals surface area contributed by atoms with Gasteiger partial charge in [-0.3, -0.25) is 4.79 Å². The van der Waals surface area contributed by atoms with Crippen LogP contribution in [0.1, 0.15) is 17.5 Å². The maximum Gasteiger partial charge on any atom is 0.410 e. The minimum atomic E-state index is -0.387. The summed E-state index contributed by atoms with van der Waals surface area (Å²) in [5.74, 6) is -0.546. The molecule has 2 aromatic rings. The quantitative estimate of drug-likeness (QED) is 0.784. The fraction of sp³-hybridized carbons (Fsp3) is 0.300. The van der Waals surface area contributed by atoms with Crippen molar-refractivity contribution in [3.8, 4) is 0 Å². The summed E-state index contributed by atoms with van der Waals surface area (Å²) in [4.78, 5) is 25.8. The predicted octanol–water partition coefficient (Wildman–Crippen LogP) is 3.39. The van der Waals surface area contributed by atoms with Gasteiger partial charge in [0.1, 0.15) is 13.2 Å². The molecule has 0 radical (unpaired) electrons. The molecule has 130 valence electrons. The molecule has 5 heteroatoms. The van der Waals surface area contributed by atoms with Crippen LogP contribution < -0.4 is 0 Å². The number of hydrogen-bond acceptors (Lipinski definition) is 4. The number of hydrogen-bond donors (Lipinski definition) is 0. The van der Waals surface area contributed by atoms with Gasteiger partial charge >= 0.3 is 12.1 Å². The molecule has 1 aliphatic heterocycles. The van der Waals surface area contributed by atoms with Crippen LogP contribution in [-0.4, -0.2) is 30.1 Å². The first-order valence-electron chi connectivity index (χ1n) is 8.38. The van der Waals surface area contributed by atoms with E-state index in [9.17, 15) is 9.59 Å². The van der Waals surface area contributed by atoms with Gasteiger partial charge in [0.25, 0.3) is 0 Å². The van der Waals surface area contributed by atoms with Crippen molar-refractivity contribution in [2.45, 2.75) is 19.6 Å². The molecule has 1 aliphatic rings. The molecular formula is C20H21NO4. The minimum Gasteiger partial charge on any atom is -0.461 e. The normalized spacial score (nSPS) is 16.5. The first kappa shape index (κ1) is 17.0.